The van der Waals surface area contributed by atoms with E-state index in [9.17, 15) is 8.42 Å². The maximum Gasteiger partial charge on any atom is 0.294 e. The van der Waals surface area contributed by atoms with Gasteiger partial charge in [-0.2, -0.15) is 4.98 Å². The summed E-state index contributed by atoms with van der Waals surface area (Å²) in [6.07, 6.45) is 4.34. The summed E-state index contributed by atoms with van der Waals surface area (Å²) in [7, 11) is -3.23. The van der Waals surface area contributed by atoms with E-state index in [1.165, 1.54) is 5.56 Å². The van der Waals surface area contributed by atoms with Crippen LogP contribution >= 0.6 is 0 Å². The molecule has 1 fully saturated rings. The number of aromatic amines is 1. The van der Waals surface area contributed by atoms with Gasteiger partial charge < -0.3 is 9.72 Å². The average molecular weight is 385 g/mol. The maximum absolute atomic E-state index is 12.1. The molecule has 0 amide bonds. The third kappa shape index (κ3) is 3.86. The van der Waals surface area contributed by atoms with Crippen LogP contribution in [0.1, 0.15) is 44.1 Å². The summed E-state index contributed by atoms with van der Waals surface area (Å²) < 4.78 is 30.2. The van der Waals surface area contributed by atoms with Crippen LogP contribution < -0.4 is 4.74 Å². The largest absolute Gasteiger partial charge is 0.461 e. The quantitative estimate of drug-likeness (QED) is 0.705. The Labute approximate surface area is 159 Å². The third-order valence-electron chi connectivity index (χ3n) is 5.39. The number of rotatable bonds is 5. The molecular weight excluding hydrogens is 360 g/mol. The van der Waals surface area contributed by atoms with Crippen molar-refractivity contribution < 1.29 is 13.2 Å². The maximum atomic E-state index is 12.1. The van der Waals surface area contributed by atoms with Crippen molar-refractivity contribution >= 4 is 20.9 Å². The summed E-state index contributed by atoms with van der Waals surface area (Å²) in [5.41, 5.74) is 2.82. The molecule has 0 aliphatic heterocycles. The minimum absolute atomic E-state index is 0.0840. The minimum Gasteiger partial charge on any atom is -0.461 e. The number of H-pyrrole nitrogens is 1. The summed E-state index contributed by atoms with van der Waals surface area (Å²) in [4.78, 5) is 7.90. The Kier molecular flexibility index (Phi) is 4.91. The van der Waals surface area contributed by atoms with Gasteiger partial charge in [0.2, 0.25) is 0 Å². The lowest BCUT2D eigenvalue weighted by Gasteiger charge is -2.28. The van der Waals surface area contributed by atoms with Gasteiger partial charge in [-0.3, -0.25) is 0 Å². The normalized spacial score (nSPS) is 20.6. The van der Waals surface area contributed by atoms with E-state index in [1.807, 2.05) is 0 Å². The lowest BCUT2D eigenvalue weighted by molar-refractivity contribution is 0.136. The first-order chi connectivity index (χ1) is 13.0. The van der Waals surface area contributed by atoms with E-state index < -0.39 is 9.84 Å². The number of fused-ring (bicyclic) bond motifs is 1. The van der Waals surface area contributed by atoms with Gasteiger partial charge in [0, 0.05) is 0 Å². The number of ether oxygens (including phenoxy) is 1. The van der Waals surface area contributed by atoms with Crippen molar-refractivity contribution in [2.75, 3.05) is 5.75 Å². The summed E-state index contributed by atoms with van der Waals surface area (Å²) in [5.74, 6) is 0.684. The molecule has 1 saturated carbocycles. The zero-order valence-corrected chi connectivity index (χ0v) is 16.2. The Morgan fingerprint density at radius 2 is 1.81 bits per heavy atom. The molecule has 142 valence electrons. The van der Waals surface area contributed by atoms with E-state index in [1.54, 1.807) is 25.1 Å². The van der Waals surface area contributed by atoms with Crippen LogP contribution in [0.15, 0.2) is 53.4 Å². The number of aromatic nitrogens is 2. The highest BCUT2D eigenvalue weighted by Crippen LogP contribution is 2.34. The second kappa shape index (κ2) is 7.35. The van der Waals surface area contributed by atoms with Crippen molar-refractivity contribution in [3.8, 4) is 6.01 Å². The molecule has 1 N–H and O–H groups in total. The number of benzene rings is 2. The van der Waals surface area contributed by atoms with Crippen LogP contribution in [0.25, 0.3) is 11.0 Å². The second-order valence-corrected chi connectivity index (χ2v) is 9.40. The van der Waals surface area contributed by atoms with E-state index in [0.717, 1.165) is 31.2 Å². The van der Waals surface area contributed by atoms with E-state index in [-0.39, 0.29) is 11.9 Å². The molecule has 1 aliphatic rings. The van der Waals surface area contributed by atoms with Gasteiger partial charge in [0.1, 0.15) is 6.10 Å². The highest BCUT2D eigenvalue weighted by atomic mass is 32.2. The smallest absolute Gasteiger partial charge is 0.294 e. The molecule has 27 heavy (non-hydrogen) atoms. The molecule has 1 aliphatic carbocycles. The van der Waals surface area contributed by atoms with E-state index in [2.05, 4.69) is 40.3 Å². The van der Waals surface area contributed by atoms with E-state index >= 15 is 0 Å². The fourth-order valence-corrected chi connectivity index (χ4v) is 4.68. The molecular formula is C21H24N2O3S. The summed E-state index contributed by atoms with van der Waals surface area (Å²) in [6, 6.07) is 16.1. The number of nitrogens with one attached hydrogen (secondary N) is 1. The molecule has 0 unspecified atom stereocenters. The molecule has 0 radical (unpaired) electrons. The van der Waals surface area contributed by atoms with Gasteiger partial charge in [0.05, 0.1) is 21.7 Å². The lowest BCUT2D eigenvalue weighted by atomic mass is 9.83. The van der Waals surface area contributed by atoms with Crippen molar-refractivity contribution in [3.05, 3.63) is 54.1 Å². The van der Waals surface area contributed by atoms with Gasteiger partial charge in [-0.25, -0.2) is 8.42 Å². The number of sulfone groups is 1. The highest BCUT2D eigenvalue weighted by molar-refractivity contribution is 7.91. The van der Waals surface area contributed by atoms with Crippen molar-refractivity contribution in [1.82, 2.24) is 9.97 Å². The Morgan fingerprint density at radius 1 is 1.07 bits per heavy atom. The van der Waals surface area contributed by atoms with Crippen LogP contribution in [0.3, 0.4) is 0 Å². The molecule has 6 heteroatoms. The van der Waals surface area contributed by atoms with Crippen molar-refractivity contribution in [2.45, 2.75) is 49.5 Å². The van der Waals surface area contributed by atoms with Crippen LogP contribution in [0.4, 0.5) is 0 Å². The van der Waals surface area contributed by atoms with E-state index in [0.29, 0.717) is 22.3 Å². The molecule has 2 aromatic carbocycles. The number of hydrogen-bond donors (Lipinski definition) is 1. The van der Waals surface area contributed by atoms with Gasteiger partial charge in [0.25, 0.3) is 6.01 Å². The molecule has 0 bridgehead atoms. The topological polar surface area (TPSA) is 72.1 Å². The van der Waals surface area contributed by atoms with Crippen LogP contribution in [0.2, 0.25) is 0 Å². The van der Waals surface area contributed by atoms with Gasteiger partial charge in [-0.1, -0.05) is 37.3 Å². The summed E-state index contributed by atoms with van der Waals surface area (Å²) in [5, 5.41) is 0. The van der Waals surface area contributed by atoms with Crippen molar-refractivity contribution in [2.24, 2.45) is 0 Å². The first kappa shape index (κ1) is 18.0. The second-order valence-electron chi connectivity index (χ2n) is 7.13. The predicted molar refractivity (Wildman–Crippen MR) is 106 cm³/mol. The predicted octanol–water partition coefficient (Wildman–Crippen LogP) is 4.46. The Morgan fingerprint density at radius 3 is 2.52 bits per heavy atom. The van der Waals surface area contributed by atoms with Crippen LogP contribution in [-0.4, -0.2) is 30.2 Å². The van der Waals surface area contributed by atoms with E-state index in [4.69, 9.17) is 4.74 Å². The number of imidazole rings is 1. The minimum atomic E-state index is -3.23. The van der Waals surface area contributed by atoms with Crippen LogP contribution in [0.5, 0.6) is 6.01 Å². The Balaban J connectivity index is 1.44. The summed E-state index contributed by atoms with van der Waals surface area (Å²) in [6.45, 7) is 1.65. The third-order valence-corrected chi connectivity index (χ3v) is 7.13. The van der Waals surface area contributed by atoms with Gasteiger partial charge >= 0.3 is 0 Å². The molecule has 0 atom stereocenters. The number of hydrogen-bond acceptors (Lipinski definition) is 4. The molecule has 5 nitrogen and oxygen atoms in total. The molecule has 0 spiro atoms. The number of nitrogens with zero attached hydrogens (tertiary/aromatic N) is 1. The first-order valence-corrected chi connectivity index (χ1v) is 11.1. The average Bonchev–Trinajstić information content (AvgIpc) is 3.10. The lowest BCUT2D eigenvalue weighted by Crippen LogP contribution is -2.23. The fourth-order valence-electron chi connectivity index (χ4n) is 3.78. The highest BCUT2D eigenvalue weighted by Gasteiger charge is 2.24. The first-order valence-electron chi connectivity index (χ1n) is 9.49. The standard InChI is InChI=1S/C21H24N2O3S/c1-2-27(24,25)18-12-13-19-20(14-18)23-21(22-19)26-17-10-8-16(9-11-17)15-6-4-3-5-7-15/h3-7,12-14,16-17H,2,8-11H2,1H3,(H,22,23). The van der Waals surface area contributed by atoms with Crippen LogP contribution in [0, 0.1) is 0 Å². The SMILES string of the molecule is CCS(=O)(=O)c1ccc2nc(OC3CCC(c4ccccc4)CC3)[nH]c2c1. The van der Waals surface area contributed by atoms with Crippen molar-refractivity contribution in [1.29, 1.82) is 0 Å². The van der Waals surface area contributed by atoms with Gasteiger partial charge in [-0.05, 0) is 55.4 Å². The van der Waals surface area contributed by atoms with Crippen LogP contribution in [-0.2, 0) is 9.84 Å². The summed E-state index contributed by atoms with van der Waals surface area (Å²) >= 11 is 0. The molecule has 1 heterocycles. The molecule has 1 aromatic heterocycles. The zero-order chi connectivity index (χ0) is 18.9. The monoisotopic (exact) mass is 384 g/mol. The van der Waals surface area contributed by atoms with Crippen molar-refractivity contribution in [3.63, 3.8) is 0 Å². The fraction of sp³-hybridized carbons (Fsp3) is 0.381. The zero-order valence-electron chi connectivity index (χ0n) is 15.4. The van der Waals surface area contributed by atoms with Gasteiger partial charge in [-0.15, -0.1) is 0 Å². The Bertz CT molecular complexity index is 1020. The molecule has 0 saturated heterocycles. The molecule has 3 aromatic rings. The van der Waals surface area contributed by atoms with Gasteiger partial charge in [0.15, 0.2) is 9.84 Å². The molecule has 4 rings (SSSR count). The Hall–Kier alpha value is -2.34.